The van der Waals surface area contributed by atoms with Gasteiger partial charge in [-0.25, -0.2) is 4.39 Å². The molecule has 1 saturated carbocycles. The molecular formula is C34H41FN4O2S. The summed E-state index contributed by atoms with van der Waals surface area (Å²) < 4.78 is 17.0. The molecule has 6 nitrogen and oxygen atoms in total. The lowest BCUT2D eigenvalue weighted by atomic mass is 9.96. The number of halogens is 1. The number of carbonyl (C=O) groups is 2. The third kappa shape index (κ3) is 7.05. The van der Waals surface area contributed by atoms with Crippen LogP contribution in [0.15, 0.2) is 72.1 Å². The van der Waals surface area contributed by atoms with E-state index < -0.39 is 0 Å². The fraction of sp³-hybridized carbons (Fsp3) is 0.353. The van der Waals surface area contributed by atoms with Gasteiger partial charge in [0.05, 0.1) is 5.52 Å². The summed E-state index contributed by atoms with van der Waals surface area (Å²) in [6, 6.07) is 9.08. The van der Waals surface area contributed by atoms with Crippen molar-refractivity contribution in [3.05, 3.63) is 94.6 Å². The largest absolute Gasteiger partial charge is 0.392 e. The Hall–Kier alpha value is -3.62. The second kappa shape index (κ2) is 13.1. The molecule has 0 aliphatic heterocycles. The van der Waals surface area contributed by atoms with E-state index >= 15 is 0 Å². The van der Waals surface area contributed by atoms with Crippen molar-refractivity contribution in [2.75, 3.05) is 27.7 Å². The third-order valence-electron chi connectivity index (χ3n) is 7.70. The van der Waals surface area contributed by atoms with E-state index in [-0.39, 0.29) is 23.0 Å². The zero-order valence-electron chi connectivity index (χ0n) is 25.4. The van der Waals surface area contributed by atoms with Crippen LogP contribution in [0.25, 0.3) is 22.0 Å². The van der Waals surface area contributed by atoms with Gasteiger partial charge < -0.3 is 15.5 Å². The predicted octanol–water partition coefficient (Wildman–Crippen LogP) is 6.79. The van der Waals surface area contributed by atoms with Crippen molar-refractivity contribution in [3.63, 3.8) is 0 Å². The molecular weight excluding hydrogens is 547 g/mol. The van der Waals surface area contributed by atoms with Crippen molar-refractivity contribution in [3.8, 4) is 11.1 Å². The highest BCUT2D eigenvalue weighted by Gasteiger charge is 2.43. The monoisotopic (exact) mass is 588 g/mol. The first-order valence-corrected chi connectivity index (χ1v) is 15.0. The maximum absolute atomic E-state index is 14.7. The first-order valence-electron chi connectivity index (χ1n) is 14.2. The van der Waals surface area contributed by atoms with Crippen molar-refractivity contribution < 1.29 is 14.0 Å². The van der Waals surface area contributed by atoms with Gasteiger partial charge in [0.25, 0.3) is 5.91 Å². The summed E-state index contributed by atoms with van der Waals surface area (Å²) in [5.41, 5.74) is 6.91. The lowest BCUT2D eigenvalue weighted by Crippen LogP contribution is -2.26. The van der Waals surface area contributed by atoms with Crippen LogP contribution in [-0.4, -0.2) is 53.5 Å². The SMILES string of the molecule is C=CCC1(Sn2cc(C)c3c(C(=O)NC/C(C=O)=C(C)/C=C(/C)NC)cc(-c4ccc(F)c(CN(C)C)c4)cc32)CC1. The number of fused-ring (bicyclic) bond motifs is 1. The fourth-order valence-electron chi connectivity index (χ4n) is 5.14. The molecule has 1 heterocycles. The molecule has 0 bridgehead atoms. The van der Waals surface area contributed by atoms with Crippen LogP contribution in [0.5, 0.6) is 0 Å². The van der Waals surface area contributed by atoms with Crippen LogP contribution >= 0.6 is 11.9 Å². The van der Waals surface area contributed by atoms with Gasteiger partial charge in [0.15, 0.2) is 0 Å². The van der Waals surface area contributed by atoms with Crippen LogP contribution in [0.3, 0.4) is 0 Å². The Morgan fingerprint density at radius 3 is 2.55 bits per heavy atom. The Labute approximate surface area is 252 Å². The molecule has 0 saturated heterocycles. The Kier molecular flexibility index (Phi) is 9.79. The number of aryl methyl sites for hydroxylation is 1. The highest BCUT2D eigenvalue weighted by molar-refractivity contribution is 7.99. The van der Waals surface area contributed by atoms with Crippen molar-refractivity contribution in [2.24, 2.45) is 0 Å². The number of benzene rings is 2. The number of hydrogen-bond donors (Lipinski definition) is 2. The van der Waals surface area contributed by atoms with Crippen LogP contribution in [0.4, 0.5) is 4.39 Å². The molecule has 2 N–H and O–H groups in total. The van der Waals surface area contributed by atoms with Crippen LogP contribution in [0, 0.1) is 12.7 Å². The molecule has 1 amide bonds. The molecule has 0 spiro atoms. The van der Waals surface area contributed by atoms with E-state index in [1.54, 1.807) is 18.0 Å². The van der Waals surface area contributed by atoms with Crippen LogP contribution in [0.2, 0.25) is 0 Å². The molecule has 0 unspecified atom stereocenters. The first-order chi connectivity index (χ1) is 20.0. The van der Waals surface area contributed by atoms with Crippen LogP contribution in [0.1, 0.15) is 54.6 Å². The number of nitrogens with one attached hydrogen (secondary N) is 2. The summed E-state index contributed by atoms with van der Waals surface area (Å²) in [6.07, 6.45) is 9.88. The zero-order chi connectivity index (χ0) is 30.6. The van der Waals surface area contributed by atoms with E-state index in [4.69, 9.17) is 0 Å². The predicted molar refractivity (Wildman–Crippen MR) is 173 cm³/mol. The highest BCUT2D eigenvalue weighted by atomic mass is 32.2. The molecule has 1 aliphatic rings. The molecule has 0 radical (unpaired) electrons. The number of allylic oxidation sites excluding steroid dienone is 4. The smallest absolute Gasteiger partial charge is 0.252 e. The van der Waals surface area contributed by atoms with Crippen LogP contribution < -0.4 is 10.6 Å². The second-order valence-corrected chi connectivity index (χ2v) is 12.9. The Balaban J connectivity index is 1.81. The minimum atomic E-state index is -0.267. The van der Waals surface area contributed by atoms with Crippen molar-refractivity contribution >= 4 is 35.0 Å². The quantitative estimate of drug-likeness (QED) is 0.0996. The topological polar surface area (TPSA) is 66.4 Å². The van der Waals surface area contributed by atoms with E-state index in [0.29, 0.717) is 23.2 Å². The number of carbonyl (C=O) groups excluding carboxylic acids is 2. The molecule has 2 aromatic carbocycles. The molecule has 1 aliphatic carbocycles. The maximum Gasteiger partial charge on any atom is 0.252 e. The average molecular weight is 589 g/mol. The van der Waals surface area contributed by atoms with Crippen molar-refractivity contribution in [1.29, 1.82) is 0 Å². The minimum Gasteiger partial charge on any atom is -0.392 e. The van der Waals surface area contributed by atoms with E-state index in [9.17, 15) is 14.0 Å². The number of hydrogen-bond acceptors (Lipinski definition) is 5. The minimum absolute atomic E-state index is 0.105. The molecule has 222 valence electrons. The van der Waals surface area contributed by atoms with E-state index in [1.807, 2.05) is 71.1 Å². The average Bonchev–Trinajstić information content (AvgIpc) is 3.64. The second-order valence-electron chi connectivity index (χ2n) is 11.5. The summed E-state index contributed by atoms with van der Waals surface area (Å²) in [6.45, 7) is 10.3. The Bertz CT molecular complexity index is 1580. The molecule has 0 atom stereocenters. The van der Waals surface area contributed by atoms with Crippen molar-refractivity contribution in [1.82, 2.24) is 19.5 Å². The van der Waals surface area contributed by atoms with E-state index in [1.165, 1.54) is 6.07 Å². The van der Waals surface area contributed by atoms with Gasteiger partial charge in [0.2, 0.25) is 0 Å². The number of aldehydes is 1. The summed E-state index contributed by atoms with van der Waals surface area (Å²) in [5.74, 6) is -0.524. The Morgan fingerprint density at radius 1 is 1.19 bits per heavy atom. The molecule has 1 fully saturated rings. The third-order valence-corrected chi connectivity index (χ3v) is 9.16. The fourth-order valence-corrected chi connectivity index (χ4v) is 6.49. The first kappa shape index (κ1) is 31.3. The highest BCUT2D eigenvalue weighted by Crippen LogP contribution is 2.53. The lowest BCUT2D eigenvalue weighted by Gasteiger charge is -2.16. The van der Waals surface area contributed by atoms with E-state index in [0.717, 1.165) is 64.4 Å². The van der Waals surface area contributed by atoms with Gasteiger partial charge in [-0.15, -0.1) is 6.58 Å². The maximum atomic E-state index is 14.7. The summed E-state index contributed by atoms with van der Waals surface area (Å²) >= 11 is 1.78. The van der Waals surface area contributed by atoms with Gasteiger partial charge in [-0.1, -0.05) is 12.1 Å². The summed E-state index contributed by atoms with van der Waals surface area (Å²) in [5, 5.41) is 6.90. The Morgan fingerprint density at radius 2 is 1.93 bits per heavy atom. The van der Waals surface area contributed by atoms with Gasteiger partial charge in [-0.05, 0) is 119 Å². The van der Waals surface area contributed by atoms with Crippen molar-refractivity contribution in [2.45, 2.75) is 51.3 Å². The summed E-state index contributed by atoms with van der Waals surface area (Å²) in [4.78, 5) is 27.6. The molecule has 4 rings (SSSR count). The molecule has 8 heteroatoms. The van der Waals surface area contributed by atoms with Crippen LogP contribution in [-0.2, 0) is 11.3 Å². The van der Waals surface area contributed by atoms with E-state index in [2.05, 4.69) is 33.4 Å². The van der Waals surface area contributed by atoms with Gasteiger partial charge in [0.1, 0.15) is 12.1 Å². The number of aromatic nitrogens is 1. The standard InChI is InChI=1S/C34H41FN4O2S/c1-8-11-34(12-13-34)42-39-19-23(3)32-29(33(41)37-18-28(21-40)22(2)14-24(4)36-5)16-26(17-31(32)39)25-9-10-30(35)27(15-25)20-38(6)7/h8-10,14-17,19,21,36H,1,11-13,18,20H2,2-7H3,(H,37,41)/b24-14-,28-22-. The van der Waals surface area contributed by atoms with Gasteiger partial charge in [0, 0.05) is 58.9 Å². The van der Waals surface area contributed by atoms with Gasteiger partial charge >= 0.3 is 0 Å². The molecule has 1 aromatic heterocycles. The molecule has 3 aromatic rings. The number of nitrogens with zero attached hydrogens (tertiary/aromatic N) is 2. The van der Waals surface area contributed by atoms with Gasteiger partial charge in [-0.2, -0.15) is 0 Å². The summed E-state index contributed by atoms with van der Waals surface area (Å²) in [7, 11) is 5.63. The number of rotatable bonds is 13. The normalized spacial score (nSPS) is 15.0. The lowest BCUT2D eigenvalue weighted by molar-refractivity contribution is -0.105. The molecule has 42 heavy (non-hydrogen) atoms. The van der Waals surface area contributed by atoms with Gasteiger partial charge in [-0.3, -0.25) is 13.6 Å². The zero-order valence-corrected chi connectivity index (χ0v) is 26.3. The number of amides is 1.